The molecule has 0 radical (unpaired) electrons. The van der Waals surface area contributed by atoms with Gasteiger partial charge in [-0.1, -0.05) is 29.8 Å². The van der Waals surface area contributed by atoms with Crippen LogP contribution in [0, 0.1) is 11.6 Å². The fourth-order valence-corrected chi connectivity index (χ4v) is 3.71. The summed E-state index contributed by atoms with van der Waals surface area (Å²) in [5.41, 5.74) is 0.150. The first kappa shape index (κ1) is 21.1. The molecule has 0 fully saturated rings. The minimum Gasteiger partial charge on any atom is -0.381 e. The van der Waals surface area contributed by atoms with Gasteiger partial charge in [-0.3, -0.25) is 4.68 Å². The molecule has 0 aliphatic heterocycles. The zero-order valence-electron chi connectivity index (χ0n) is 16.7. The predicted octanol–water partition coefficient (Wildman–Crippen LogP) is 4.15. The van der Waals surface area contributed by atoms with E-state index in [9.17, 15) is 13.9 Å². The highest BCUT2D eigenvalue weighted by atomic mass is 35.5. The molecule has 4 rings (SSSR count). The summed E-state index contributed by atoms with van der Waals surface area (Å²) in [7, 11) is 0. The van der Waals surface area contributed by atoms with Gasteiger partial charge in [-0.05, 0) is 36.2 Å². The Morgan fingerprint density at radius 3 is 2.55 bits per heavy atom. The standard InChI is InChI=1S/C22H20ClF2N5O/c1-15(30-11-17(10-27-30)8-16-2-4-18(23)5-3-16)22(31,12-29-14-26-13-28-29)20-7-6-19(24)9-21(20)25/h2-7,9-11,13-15,31H,8,12H2,1H3/t15-,22-/m1/s1. The first-order valence-corrected chi connectivity index (χ1v) is 10.0. The van der Waals surface area contributed by atoms with Crippen LogP contribution in [0.25, 0.3) is 0 Å². The average Bonchev–Trinajstić information content (AvgIpc) is 3.41. The number of halogens is 3. The van der Waals surface area contributed by atoms with Crippen LogP contribution < -0.4 is 0 Å². The Balaban J connectivity index is 1.66. The van der Waals surface area contributed by atoms with Crippen molar-refractivity contribution in [3.63, 3.8) is 0 Å². The summed E-state index contributed by atoms with van der Waals surface area (Å²) in [5.74, 6) is -1.57. The number of nitrogens with zero attached hydrogens (tertiary/aromatic N) is 5. The van der Waals surface area contributed by atoms with Crippen molar-refractivity contribution < 1.29 is 13.9 Å². The van der Waals surface area contributed by atoms with Crippen LogP contribution in [0.5, 0.6) is 0 Å². The molecule has 160 valence electrons. The Hall–Kier alpha value is -3.10. The molecule has 4 aromatic rings. The van der Waals surface area contributed by atoms with E-state index >= 15 is 0 Å². The molecule has 0 saturated heterocycles. The summed E-state index contributed by atoms with van der Waals surface area (Å²) in [4.78, 5) is 3.88. The van der Waals surface area contributed by atoms with Gasteiger partial charge >= 0.3 is 0 Å². The summed E-state index contributed by atoms with van der Waals surface area (Å²) in [6, 6.07) is 9.91. The van der Waals surface area contributed by atoms with E-state index in [0.717, 1.165) is 23.3 Å². The van der Waals surface area contributed by atoms with Gasteiger partial charge in [-0.15, -0.1) is 0 Å². The van der Waals surface area contributed by atoms with Crippen LogP contribution in [-0.2, 0) is 18.6 Å². The van der Waals surface area contributed by atoms with Gasteiger partial charge in [0.1, 0.15) is 29.9 Å². The normalized spacial score (nSPS) is 14.4. The molecule has 0 saturated carbocycles. The number of hydrogen-bond acceptors (Lipinski definition) is 4. The van der Waals surface area contributed by atoms with Gasteiger partial charge in [0, 0.05) is 29.3 Å². The molecular weight excluding hydrogens is 424 g/mol. The first-order valence-electron chi connectivity index (χ1n) is 9.63. The van der Waals surface area contributed by atoms with Gasteiger partial charge in [0.05, 0.1) is 18.8 Å². The van der Waals surface area contributed by atoms with E-state index < -0.39 is 23.3 Å². The Kier molecular flexibility index (Phi) is 5.84. The molecule has 0 spiro atoms. The van der Waals surface area contributed by atoms with Gasteiger partial charge in [-0.25, -0.2) is 18.4 Å². The van der Waals surface area contributed by atoms with E-state index in [4.69, 9.17) is 11.6 Å². The van der Waals surface area contributed by atoms with E-state index in [1.165, 1.54) is 23.4 Å². The lowest BCUT2D eigenvalue weighted by molar-refractivity contribution is -0.0369. The van der Waals surface area contributed by atoms with Crippen LogP contribution in [-0.4, -0.2) is 29.7 Å². The van der Waals surface area contributed by atoms with E-state index in [-0.39, 0.29) is 12.1 Å². The number of benzene rings is 2. The summed E-state index contributed by atoms with van der Waals surface area (Å²) in [6.07, 6.45) is 6.86. The van der Waals surface area contributed by atoms with E-state index in [1.807, 2.05) is 24.3 Å². The van der Waals surface area contributed by atoms with Crippen molar-refractivity contribution in [1.82, 2.24) is 24.5 Å². The maximum atomic E-state index is 14.7. The molecule has 9 heteroatoms. The molecule has 0 unspecified atom stereocenters. The third-order valence-electron chi connectivity index (χ3n) is 5.33. The zero-order valence-corrected chi connectivity index (χ0v) is 17.4. The third kappa shape index (κ3) is 4.50. The fourth-order valence-electron chi connectivity index (χ4n) is 3.58. The zero-order chi connectivity index (χ0) is 22.0. The predicted molar refractivity (Wildman–Crippen MR) is 111 cm³/mol. The third-order valence-corrected chi connectivity index (χ3v) is 5.58. The number of hydrogen-bond donors (Lipinski definition) is 1. The monoisotopic (exact) mass is 443 g/mol. The fraction of sp³-hybridized carbons (Fsp3) is 0.227. The maximum absolute atomic E-state index is 14.7. The maximum Gasteiger partial charge on any atom is 0.137 e. The highest BCUT2D eigenvalue weighted by molar-refractivity contribution is 6.30. The topological polar surface area (TPSA) is 68.8 Å². The molecule has 2 heterocycles. The summed E-state index contributed by atoms with van der Waals surface area (Å²) < 4.78 is 31.2. The highest BCUT2D eigenvalue weighted by Gasteiger charge is 2.40. The smallest absolute Gasteiger partial charge is 0.137 e. The quantitative estimate of drug-likeness (QED) is 0.466. The largest absolute Gasteiger partial charge is 0.381 e. The summed E-state index contributed by atoms with van der Waals surface area (Å²) in [5, 5.41) is 20.7. The van der Waals surface area contributed by atoms with Gasteiger partial charge < -0.3 is 5.11 Å². The van der Waals surface area contributed by atoms with E-state index in [0.29, 0.717) is 11.4 Å². The molecule has 2 aromatic carbocycles. The van der Waals surface area contributed by atoms with Gasteiger partial charge in [0.2, 0.25) is 0 Å². The van der Waals surface area contributed by atoms with E-state index in [2.05, 4.69) is 15.2 Å². The van der Waals surface area contributed by atoms with Gasteiger partial charge in [0.15, 0.2) is 0 Å². The van der Waals surface area contributed by atoms with Crippen molar-refractivity contribution in [1.29, 1.82) is 0 Å². The van der Waals surface area contributed by atoms with Crippen LogP contribution >= 0.6 is 11.6 Å². The molecule has 0 amide bonds. The van der Waals surface area contributed by atoms with Gasteiger partial charge in [-0.2, -0.15) is 10.2 Å². The molecule has 0 aliphatic carbocycles. The molecule has 6 nitrogen and oxygen atoms in total. The molecule has 2 atom stereocenters. The van der Waals surface area contributed by atoms with Crippen molar-refractivity contribution in [2.45, 2.75) is 31.5 Å². The lowest BCUT2D eigenvalue weighted by atomic mass is 9.86. The lowest BCUT2D eigenvalue weighted by Crippen LogP contribution is -2.40. The molecule has 2 aromatic heterocycles. The van der Waals surface area contributed by atoms with Crippen molar-refractivity contribution >= 4 is 11.6 Å². The Morgan fingerprint density at radius 1 is 1.10 bits per heavy atom. The minimum atomic E-state index is -1.77. The Morgan fingerprint density at radius 2 is 1.87 bits per heavy atom. The van der Waals surface area contributed by atoms with Crippen LogP contribution in [0.4, 0.5) is 8.78 Å². The second-order valence-corrected chi connectivity index (χ2v) is 7.89. The van der Waals surface area contributed by atoms with Crippen LogP contribution in [0.3, 0.4) is 0 Å². The first-order chi connectivity index (χ1) is 14.8. The number of aliphatic hydroxyl groups is 1. The number of aromatic nitrogens is 5. The van der Waals surface area contributed by atoms with Gasteiger partial charge in [0.25, 0.3) is 0 Å². The summed E-state index contributed by atoms with van der Waals surface area (Å²) in [6.45, 7) is 1.63. The van der Waals surface area contributed by atoms with Crippen molar-refractivity contribution in [3.8, 4) is 0 Å². The van der Waals surface area contributed by atoms with Crippen molar-refractivity contribution in [3.05, 3.63) is 101 Å². The van der Waals surface area contributed by atoms with Crippen LogP contribution in [0.1, 0.15) is 29.7 Å². The Labute approximate surface area is 182 Å². The second kappa shape index (κ2) is 8.56. The van der Waals surface area contributed by atoms with Crippen molar-refractivity contribution in [2.75, 3.05) is 0 Å². The summed E-state index contributed by atoms with van der Waals surface area (Å²) >= 11 is 5.94. The average molecular weight is 444 g/mol. The highest BCUT2D eigenvalue weighted by Crippen LogP contribution is 2.36. The molecular formula is C22H20ClF2N5O. The molecule has 31 heavy (non-hydrogen) atoms. The van der Waals surface area contributed by atoms with Crippen LogP contribution in [0.2, 0.25) is 5.02 Å². The lowest BCUT2D eigenvalue weighted by Gasteiger charge is -2.34. The SMILES string of the molecule is C[C@@H](n1cc(Cc2ccc(Cl)cc2)cn1)[C@](O)(Cn1cncn1)c1ccc(F)cc1F. The van der Waals surface area contributed by atoms with Crippen molar-refractivity contribution in [2.24, 2.45) is 0 Å². The molecule has 0 aliphatic rings. The molecule has 0 bridgehead atoms. The number of rotatable bonds is 7. The van der Waals surface area contributed by atoms with E-state index in [1.54, 1.807) is 24.0 Å². The molecule has 1 N–H and O–H groups in total. The van der Waals surface area contributed by atoms with Crippen LogP contribution in [0.15, 0.2) is 67.5 Å². The minimum absolute atomic E-state index is 0.0494. The second-order valence-electron chi connectivity index (χ2n) is 7.45. The Bertz CT molecular complexity index is 1160.